The average molecular weight is 1270 g/mol. The zero-order valence-corrected chi connectivity index (χ0v) is 54.2. The standard InChI is InChI=1S/C90H56B3N7/c1-7-28-57(29-8-1)94-70-43-22-19-40-65(70)91-68-53-52-63-82-87-64(56-69-89(82)98(61-36-15-5-16-37-61)78-50-26-47-75-84(78)92(69)66-41-20-23-44-71(66)95(75)58-30-9-2-10-31-58)81-73(100(87)88(63)90(68)99(62-38-17-6-18-39-62)79-51-27-46-74(94)83(79)91)54-55-80-86(81)93-67-42-21-24-45-72(67)96(59-32-11-3-12-33-59)76-48-25-49-77(85(76)93)97(80)60-34-13-4-14-35-60/h1-56H. The summed E-state index contributed by atoms with van der Waals surface area (Å²) in [5, 5.41) is 4.95. The molecule has 0 aliphatic carbocycles. The van der Waals surface area contributed by atoms with E-state index in [1.54, 1.807) is 0 Å². The predicted octanol–water partition coefficient (Wildman–Crippen LogP) is 17.1. The molecule has 0 saturated carbocycles. The molecule has 17 aromatic rings. The van der Waals surface area contributed by atoms with E-state index in [4.69, 9.17) is 0 Å². The van der Waals surface area contributed by atoms with Crippen molar-refractivity contribution >= 4 is 210 Å². The number of anilines is 18. The van der Waals surface area contributed by atoms with Gasteiger partial charge >= 0.3 is 0 Å². The lowest BCUT2D eigenvalue weighted by Crippen LogP contribution is -2.61. The number of rotatable bonds is 6. The maximum atomic E-state index is 2.75. The van der Waals surface area contributed by atoms with Gasteiger partial charge in [0.2, 0.25) is 0 Å². The number of hydrogen-bond acceptors (Lipinski definition) is 6. The third-order valence-corrected chi connectivity index (χ3v) is 22.6. The van der Waals surface area contributed by atoms with Crippen molar-refractivity contribution in [3.05, 3.63) is 340 Å². The maximum Gasteiger partial charge on any atom is 0.253 e. The molecule has 6 aliphatic rings. The Morgan fingerprint density at radius 3 is 0.960 bits per heavy atom. The van der Waals surface area contributed by atoms with Gasteiger partial charge in [0, 0.05) is 113 Å². The number of para-hydroxylation sites is 9. The Bertz CT molecular complexity index is 6280. The van der Waals surface area contributed by atoms with Crippen molar-refractivity contribution in [1.82, 2.24) is 4.40 Å². The summed E-state index contributed by atoms with van der Waals surface area (Å²) in [5.41, 5.74) is 36.1. The van der Waals surface area contributed by atoms with Gasteiger partial charge < -0.3 is 33.8 Å². The fourth-order valence-corrected chi connectivity index (χ4v) is 19.0. The lowest BCUT2D eigenvalue weighted by Gasteiger charge is -2.45. The first kappa shape index (κ1) is 54.2. The van der Waals surface area contributed by atoms with Crippen molar-refractivity contribution in [1.29, 1.82) is 0 Å². The topological polar surface area (TPSA) is 23.9 Å². The van der Waals surface area contributed by atoms with E-state index in [2.05, 4.69) is 374 Å². The number of aromatic nitrogens is 1. The van der Waals surface area contributed by atoms with Crippen LogP contribution in [0.15, 0.2) is 340 Å². The third kappa shape index (κ3) is 7.05. The number of fused-ring (bicyclic) bond motifs is 21. The average Bonchev–Trinajstić information content (AvgIpc) is 1.41. The largest absolute Gasteiger partial charge is 0.311 e. The Morgan fingerprint density at radius 2 is 0.520 bits per heavy atom. The maximum absolute atomic E-state index is 2.75. The van der Waals surface area contributed by atoms with Crippen LogP contribution in [0.2, 0.25) is 0 Å². The van der Waals surface area contributed by atoms with Gasteiger partial charge in [0.1, 0.15) is 0 Å². The second-order valence-electron chi connectivity index (χ2n) is 27.3. The van der Waals surface area contributed by atoms with Crippen LogP contribution in [0, 0.1) is 0 Å². The lowest BCUT2D eigenvalue weighted by atomic mass is 9.32. The Balaban J connectivity index is 0.920. The van der Waals surface area contributed by atoms with Crippen LogP contribution in [0.5, 0.6) is 0 Å². The van der Waals surface area contributed by atoms with Crippen LogP contribution < -0.4 is 78.6 Å². The van der Waals surface area contributed by atoms with E-state index in [9.17, 15) is 0 Å². The fourth-order valence-electron chi connectivity index (χ4n) is 19.0. The van der Waals surface area contributed by atoms with Gasteiger partial charge in [-0.05, 0) is 189 Å². The van der Waals surface area contributed by atoms with E-state index >= 15 is 0 Å². The first-order chi connectivity index (χ1) is 49.7. The summed E-state index contributed by atoms with van der Waals surface area (Å²) < 4.78 is 2.75. The Labute approximate surface area is 579 Å². The summed E-state index contributed by atoms with van der Waals surface area (Å²) in [5.74, 6) is 0. The molecule has 15 aromatic carbocycles. The molecule has 2 aromatic heterocycles. The van der Waals surface area contributed by atoms with E-state index in [0.717, 1.165) is 34.1 Å². The summed E-state index contributed by atoms with van der Waals surface area (Å²) in [6, 6.07) is 128. The van der Waals surface area contributed by atoms with Gasteiger partial charge in [0.05, 0.1) is 27.9 Å². The Morgan fingerprint density at radius 1 is 0.190 bits per heavy atom. The van der Waals surface area contributed by atoms with Gasteiger partial charge in [-0.1, -0.05) is 200 Å². The highest BCUT2D eigenvalue weighted by molar-refractivity contribution is 7.03. The van der Waals surface area contributed by atoms with Crippen LogP contribution in [0.3, 0.4) is 0 Å². The Hall–Kier alpha value is -12.9. The first-order valence-corrected chi connectivity index (χ1v) is 34.9. The molecule has 0 amide bonds. The fraction of sp³-hybridized carbons (Fsp3) is 0. The minimum absolute atomic E-state index is 0.108. The van der Waals surface area contributed by atoms with Crippen molar-refractivity contribution in [3.8, 4) is 0 Å². The molecule has 0 bridgehead atoms. The highest BCUT2D eigenvalue weighted by atomic mass is 15.2. The molecular formula is C90H56B3N7. The number of nitrogens with zero attached hydrogens (tertiary/aromatic N) is 7. The van der Waals surface area contributed by atoms with Crippen molar-refractivity contribution in [2.45, 2.75) is 0 Å². The van der Waals surface area contributed by atoms with Gasteiger partial charge in [-0.15, -0.1) is 0 Å². The van der Waals surface area contributed by atoms with E-state index < -0.39 is 0 Å². The summed E-state index contributed by atoms with van der Waals surface area (Å²) in [4.78, 5) is 15.4. The van der Waals surface area contributed by atoms with Gasteiger partial charge in [-0.25, -0.2) is 0 Å². The number of benzene rings is 15. The molecule has 460 valence electrons. The van der Waals surface area contributed by atoms with Crippen LogP contribution in [-0.4, -0.2) is 24.5 Å². The summed E-state index contributed by atoms with van der Waals surface area (Å²) in [6.07, 6.45) is 0. The van der Waals surface area contributed by atoms with Crippen LogP contribution in [0.4, 0.5) is 102 Å². The van der Waals surface area contributed by atoms with Crippen molar-refractivity contribution in [3.63, 3.8) is 0 Å². The van der Waals surface area contributed by atoms with Gasteiger partial charge in [0.15, 0.2) is 0 Å². The Kier molecular flexibility index (Phi) is 11.0. The SMILES string of the molecule is c1ccc(N2c3ccccc3B3c4c2cccc4N(c2ccccc2)c2ccc4c(c23)c2cc3c(c5c6ccc7c(c6n4c25)N(c2ccccc2)c2cccc4c2B7c2ccccc2N4c2ccccc2)N(c2ccccc2)c2cccc4c2B3c2ccccc2N4c2ccccc2)cc1. The highest BCUT2D eigenvalue weighted by Crippen LogP contribution is 2.55. The predicted molar refractivity (Wildman–Crippen MR) is 423 cm³/mol. The molecule has 0 radical (unpaired) electrons. The molecule has 6 aliphatic heterocycles. The summed E-state index contributed by atoms with van der Waals surface area (Å²) in [6.45, 7) is -0.426. The molecule has 10 heteroatoms. The normalized spacial score (nSPS) is 14.0. The van der Waals surface area contributed by atoms with Crippen LogP contribution in [-0.2, 0) is 0 Å². The highest BCUT2D eigenvalue weighted by Gasteiger charge is 2.50. The molecule has 0 unspecified atom stereocenters. The quantitative estimate of drug-likeness (QED) is 0.154. The molecule has 0 atom stereocenters. The molecule has 0 fully saturated rings. The molecule has 23 rings (SSSR count). The van der Waals surface area contributed by atoms with E-state index in [1.807, 2.05) is 0 Å². The molecule has 100 heavy (non-hydrogen) atoms. The molecule has 0 saturated heterocycles. The van der Waals surface area contributed by atoms with Crippen LogP contribution >= 0.6 is 0 Å². The van der Waals surface area contributed by atoms with E-state index in [0.29, 0.717) is 0 Å². The smallest absolute Gasteiger partial charge is 0.253 e. The van der Waals surface area contributed by atoms with Crippen molar-refractivity contribution in [2.24, 2.45) is 0 Å². The van der Waals surface area contributed by atoms with Crippen LogP contribution in [0.25, 0.3) is 38.1 Å². The molecule has 7 nitrogen and oxygen atoms in total. The third-order valence-electron chi connectivity index (χ3n) is 22.6. The zero-order chi connectivity index (χ0) is 65.0. The molecule has 0 N–H and O–H groups in total. The van der Waals surface area contributed by atoms with Gasteiger partial charge in [-0.2, -0.15) is 0 Å². The minimum Gasteiger partial charge on any atom is -0.311 e. The molecule has 8 heterocycles. The van der Waals surface area contributed by atoms with E-state index in [1.165, 1.54) is 156 Å². The van der Waals surface area contributed by atoms with Gasteiger partial charge in [0.25, 0.3) is 20.1 Å². The number of hydrogen-bond donors (Lipinski definition) is 0. The lowest BCUT2D eigenvalue weighted by molar-refractivity contribution is 1.25. The molecule has 0 spiro atoms. The monoisotopic (exact) mass is 1270 g/mol. The van der Waals surface area contributed by atoms with Crippen LogP contribution in [0.1, 0.15) is 0 Å². The van der Waals surface area contributed by atoms with E-state index in [-0.39, 0.29) is 20.1 Å². The summed E-state index contributed by atoms with van der Waals surface area (Å²) >= 11 is 0. The first-order valence-electron chi connectivity index (χ1n) is 34.9. The minimum atomic E-state index is -0.163. The van der Waals surface area contributed by atoms with Gasteiger partial charge in [-0.3, -0.25) is 0 Å². The zero-order valence-electron chi connectivity index (χ0n) is 54.2. The second kappa shape index (κ2) is 20.3. The summed E-state index contributed by atoms with van der Waals surface area (Å²) in [7, 11) is 0. The van der Waals surface area contributed by atoms with Crippen molar-refractivity contribution < 1.29 is 0 Å². The molecular weight excluding hydrogens is 1210 g/mol. The second-order valence-corrected chi connectivity index (χ2v) is 27.3. The van der Waals surface area contributed by atoms with Crippen molar-refractivity contribution in [2.75, 3.05) is 29.4 Å².